The first-order chi connectivity index (χ1) is 18.4. The van der Waals surface area contributed by atoms with Gasteiger partial charge in [0.25, 0.3) is 0 Å². The summed E-state index contributed by atoms with van der Waals surface area (Å²) in [6.07, 6.45) is 4.02. The Balaban J connectivity index is 1.31. The van der Waals surface area contributed by atoms with E-state index in [0.29, 0.717) is 12.1 Å². The van der Waals surface area contributed by atoms with Crippen LogP contribution in [-0.2, 0) is 6.42 Å². The SMILES string of the molecule is NCC1=CCCc2oc3ccc(-c4ccc(-c5ccc(-c6c(O)c(O)c(O)c(O)c6O)cc5)cc4)cc3c21. The van der Waals surface area contributed by atoms with E-state index in [0.717, 1.165) is 63.0 Å². The second-order valence-electron chi connectivity index (χ2n) is 9.36. The predicted molar refractivity (Wildman–Crippen MR) is 146 cm³/mol. The fourth-order valence-corrected chi connectivity index (χ4v) is 5.16. The third-order valence-electron chi connectivity index (χ3n) is 7.16. The van der Waals surface area contributed by atoms with E-state index in [4.69, 9.17) is 10.2 Å². The Morgan fingerprint density at radius 2 is 1.11 bits per heavy atom. The van der Waals surface area contributed by atoms with Gasteiger partial charge in [-0.15, -0.1) is 0 Å². The molecule has 0 atom stereocenters. The number of benzene rings is 4. The van der Waals surface area contributed by atoms with Crippen molar-refractivity contribution in [1.82, 2.24) is 0 Å². The molecule has 5 aromatic rings. The summed E-state index contributed by atoms with van der Waals surface area (Å²) in [5.74, 6) is -3.24. The second-order valence-corrected chi connectivity index (χ2v) is 9.36. The maximum Gasteiger partial charge on any atom is 0.208 e. The third kappa shape index (κ3) is 3.64. The van der Waals surface area contributed by atoms with Crippen LogP contribution in [0.4, 0.5) is 0 Å². The summed E-state index contributed by atoms with van der Waals surface area (Å²) in [5, 5.41) is 50.8. The molecule has 4 aromatic carbocycles. The molecule has 0 aliphatic heterocycles. The Kier molecular flexibility index (Phi) is 5.51. The number of fused-ring (bicyclic) bond motifs is 3. The highest BCUT2D eigenvalue weighted by atomic mass is 16.4. The van der Waals surface area contributed by atoms with Crippen molar-refractivity contribution in [1.29, 1.82) is 0 Å². The topological polar surface area (TPSA) is 140 Å². The Hall–Kier alpha value is -4.88. The van der Waals surface area contributed by atoms with Crippen LogP contribution in [0.2, 0.25) is 0 Å². The van der Waals surface area contributed by atoms with Gasteiger partial charge in [0.1, 0.15) is 11.3 Å². The Bertz CT molecular complexity index is 1700. The van der Waals surface area contributed by atoms with Crippen molar-refractivity contribution in [2.45, 2.75) is 12.8 Å². The van der Waals surface area contributed by atoms with Crippen molar-refractivity contribution in [3.05, 3.63) is 84.1 Å². The van der Waals surface area contributed by atoms with Gasteiger partial charge in [-0.05, 0) is 51.9 Å². The summed E-state index contributed by atoms with van der Waals surface area (Å²) in [5.41, 5.74) is 13.3. The molecule has 0 radical (unpaired) electrons. The highest BCUT2D eigenvalue weighted by Crippen LogP contribution is 2.54. The summed E-state index contributed by atoms with van der Waals surface area (Å²) in [7, 11) is 0. The van der Waals surface area contributed by atoms with E-state index in [1.165, 1.54) is 0 Å². The van der Waals surface area contributed by atoms with Gasteiger partial charge in [-0.3, -0.25) is 0 Å². The molecular weight excluding hydrogens is 482 g/mol. The van der Waals surface area contributed by atoms with Crippen molar-refractivity contribution in [3.63, 3.8) is 0 Å². The minimum absolute atomic E-state index is 0.177. The average molecular weight is 508 g/mol. The molecule has 1 aliphatic rings. The lowest BCUT2D eigenvalue weighted by molar-refractivity contribution is 0.330. The monoisotopic (exact) mass is 507 g/mol. The Labute approximate surface area is 218 Å². The van der Waals surface area contributed by atoms with E-state index >= 15 is 0 Å². The fraction of sp³-hybridized carbons (Fsp3) is 0.0968. The molecule has 0 fully saturated rings. The zero-order valence-electron chi connectivity index (χ0n) is 20.3. The first kappa shape index (κ1) is 23.5. The molecule has 1 aromatic heterocycles. The van der Waals surface area contributed by atoms with Gasteiger partial charge in [-0.25, -0.2) is 0 Å². The maximum atomic E-state index is 10.2. The van der Waals surface area contributed by atoms with Crippen molar-refractivity contribution in [2.75, 3.05) is 6.54 Å². The minimum Gasteiger partial charge on any atom is -0.504 e. The van der Waals surface area contributed by atoms with E-state index in [9.17, 15) is 25.5 Å². The molecule has 7 N–H and O–H groups in total. The highest BCUT2D eigenvalue weighted by molar-refractivity contribution is 5.96. The average Bonchev–Trinajstić information content (AvgIpc) is 3.34. The molecule has 190 valence electrons. The summed E-state index contributed by atoms with van der Waals surface area (Å²) < 4.78 is 6.10. The van der Waals surface area contributed by atoms with Gasteiger partial charge in [0, 0.05) is 23.9 Å². The maximum absolute atomic E-state index is 10.2. The lowest BCUT2D eigenvalue weighted by Crippen LogP contribution is -2.06. The van der Waals surface area contributed by atoms with Crippen LogP contribution in [0.5, 0.6) is 28.7 Å². The van der Waals surface area contributed by atoms with E-state index in [1.807, 2.05) is 36.4 Å². The van der Waals surface area contributed by atoms with Gasteiger partial charge in [-0.2, -0.15) is 0 Å². The largest absolute Gasteiger partial charge is 0.504 e. The first-order valence-electron chi connectivity index (χ1n) is 12.2. The van der Waals surface area contributed by atoms with Crippen LogP contribution in [0.1, 0.15) is 17.7 Å². The van der Waals surface area contributed by atoms with Gasteiger partial charge in [0.15, 0.2) is 11.5 Å². The summed E-state index contributed by atoms with van der Waals surface area (Å²) in [4.78, 5) is 0. The smallest absolute Gasteiger partial charge is 0.208 e. The van der Waals surface area contributed by atoms with E-state index in [2.05, 4.69) is 12.1 Å². The van der Waals surface area contributed by atoms with Crippen LogP contribution in [-0.4, -0.2) is 32.1 Å². The van der Waals surface area contributed by atoms with Crippen molar-refractivity contribution in [3.8, 4) is 62.1 Å². The van der Waals surface area contributed by atoms with Crippen molar-refractivity contribution in [2.24, 2.45) is 5.73 Å². The molecule has 0 saturated heterocycles. The lowest BCUT2D eigenvalue weighted by Gasteiger charge is -2.13. The van der Waals surface area contributed by atoms with Gasteiger partial charge < -0.3 is 35.7 Å². The highest BCUT2D eigenvalue weighted by Gasteiger charge is 2.24. The van der Waals surface area contributed by atoms with Crippen LogP contribution < -0.4 is 5.73 Å². The van der Waals surface area contributed by atoms with Gasteiger partial charge >= 0.3 is 0 Å². The van der Waals surface area contributed by atoms with E-state index in [-0.39, 0.29) is 5.56 Å². The zero-order chi connectivity index (χ0) is 26.6. The molecule has 1 heterocycles. The number of aromatic hydroxyl groups is 5. The quantitative estimate of drug-likeness (QED) is 0.125. The molecule has 38 heavy (non-hydrogen) atoms. The second kappa shape index (κ2) is 8.90. The molecule has 7 nitrogen and oxygen atoms in total. The van der Waals surface area contributed by atoms with Crippen LogP contribution >= 0.6 is 0 Å². The normalized spacial score (nSPS) is 12.9. The number of hydrogen-bond donors (Lipinski definition) is 6. The Morgan fingerprint density at radius 1 is 0.605 bits per heavy atom. The number of hydrogen-bond acceptors (Lipinski definition) is 7. The minimum atomic E-state index is -0.983. The molecule has 0 spiro atoms. The molecule has 0 amide bonds. The number of phenolic OH excluding ortho intramolecular Hbond substituents is 5. The van der Waals surface area contributed by atoms with Gasteiger partial charge in [0.2, 0.25) is 17.2 Å². The van der Waals surface area contributed by atoms with E-state index in [1.54, 1.807) is 24.3 Å². The first-order valence-corrected chi connectivity index (χ1v) is 12.2. The summed E-state index contributed by atoms with van der Waals surface area (Å²) in [6, 6.07) is 21.2. The molecule has 0 unspecified atom stereocenters. The van der Waals surface area contributed by atoms with Crippen LogP contribution in [0.25, 0.3) is 49.9 Å². The molecule has 6 rings (SSSR count). The molecule has 1 aliphatic carbocycles. The van der Waals surface area contributed by atoms with Crippen molar-refractivity contribution >= 4 is 16.5 Å². The summed E-state index contributed by atoms with van der Waals surface area (Å²) >= 11 is 0. The number of nitrogens with two attached hydrogens (primary N) is 1. The number of rotatable bonds is 4. The number of phenols is 5. The van der Waals surface area contributed by atoms with Gasteiger partial charge in [0.05, 0.1) is 5.56 Å². The molecule has 0 saturated carbocycles. The third-order valence-corrected chi connectivity index (χ3v) is 7.16. The fourth-order valence-electron chi connectivity index (χ4n) is 5.16. The van der Waals surface area contributed by atoms with Crippen molar-refractivity contribution < 1.29 is 29.9 Å². The van der Waals surface area contributed by atoms with Crippen LogP contribution in [0.15, 0.2) is 77.2 Å². The molecular formula is C31H25NO6. The number of aryl methyl sites for hydroxylation is 1. The standard InChI is InChI=1S/C31H25NO6/c32-15-21-2-1-3-24-25(21)22-14-20(12-13-23(22)38-24)18-6-4-16(5-7-18)17-8-10-19(11-9-17)26-27(33)29(35)31(37)30(36)28(26)34/h2,4-14,33-37H,1,3,15,32H2. The van der Waals surface area contributed by atoms with Crippen LogP contribution in [0, 0.1) is 0 Å². The van der Waals surface area contributed by atoms with Crippen LogP contribution in [0.3, 0.4) is 0 Å². The molecule has 7 heteroatoms. The summed E-state index contributed by atoms with van der Waals surface area (Å²) in [6.45, 7) is 0.480. The predicted octanol–water partition coefficient (Wildman–Crippen LogP) is 6.25. The Morgan fingerprint density at radius 3 is 1.68 bits per heavy atom. The lowest BCUT2D eigenvalue weighted by atomic mass is 9.92. The number of furan rings is 1. The van der Waals surface area contributed by atoms with E-state index < -0.39 is 28.7 Å². The zero-order valence-corrected chi connectivity index (χ0v) is 20.3. The number of allylic oxidation sites excluding steroid dienone is 1. The van der Waals surface area contributed by atoms with Gasteiger partial charge in [-0.1, -0.05) is 60.7 Å². The molecule has 0 bridgehead atoms.